The van der Waals surface area contributed by atoms with Crippen LogP contribution in [0.4, 0.5) is 0 Å². The molecule has 2 aromatic rings. The SMILES string of the molecule is OCCC/C(=C(\c1ccc(O)cc1)C1C=CC(C2CCN(C3CC3)CC2)=CC1)c1ccccc1. The molecule has 5 rings (SSSR count). The highest BCUT2D eigenvalue weighted by atomic mass is 16.3. The summed E-state index contributed by atoms with van der Waals surface area (Å²) in [5, 5.41) is 19.5. The Hall–Kier alpha value is -2.62. The minimum absolute atomic E-state index is 0.184. The number of aliphatic hydroxyl groups excluding tert-OH is 1. The van der Waals surface area contributed by atoms with E-state index in [0.29, 0.717) is 11.7 Å². The van der Waals surface area contributed by atoms with E-state index in [1.165, 1.54) is 61.1 Å². The lowest BCUT2D eigenvalue weighted by Crippen LogP contribution is -2.35. The predicted octanol–water partition coefficient (Wildman–Crippen LogP) is 6.45. The first-order valence-electron chi connectivity index (χ1n) is 13.0. The number of allylic oxidation sites excluding steroid dienone is 6. The Balaban J connectivity index is 1.42. The van der Waals surface area contributed by atoms with Crippen molar-refractivity contribution in [2.45, 2.75) is 51.0 Å². The topological polar surface area (TPSA) is 43.7 Å². The van der Waals surface area contributed by atoms with Crippen molar-refractivity contribution < 1.29 is 10.2 Å². The summed E-state index contributed by atoms with van der Waals surface area (Å²) in [7, 11) is 0. The average molecular weight is 456 g/mol. The van der Waals surface area contributed by atoms with Gasteiger partial charge in [0.2, 0.25) is 0 Å². The molecular formula is C31H37NO2. The van der Waals surface area contributed by atoms with Crippen molar-refractivity contribution >= 4 is 11.1 Å². The molecule has 3 heteroatoms. The monoisotopic (exact) mass is 455 g/mol. The average Bonchev–Trinajstić information content (AvgIpc) is 3.74. The van der Waals surface area contributed by atoms with Gasteiger partial charge in [0.1, 0.15) is 5.75 Å². The fraction of sp³-hybridized carbons (Fsp3) is 0.419. The van der Waals surface area contributed by atoms with Gasteiger partial charge < -0.3 is 15.1 Å². The quantitative estimate of drug-likeness (QED) is 0.449. The largest absolute Gasteiger partial charge is 0.508 e. The number of nitrogens with zero attached hydrogens (tertiary/aromatic N) is 1. The molecule has 3 aliphatic rings. The lowest BCUT2D eigenvalue weighted by atomic mass is 9.78. The van der Waals surface area contributed by atoms with Crippen molar-refractivity contribution in [3.63, 3.8) is 0 Å². The molecule has 0 radical (unpaired) electrons. The number of benzene rings is 2. The molecular weight excluding hydrogens is 418 g/mol. The standard InChI is InChI=1S/C31H37NO2/c33-22-4-7-30(25-5-2-1-3-6-25)31(27-12-16-29(34)17-13-27)26-10-8-23(9-11-26)24-18-20-32(21-19-24)28-14-15-28/h1-3,5-6,8-10,12-13,16-17,24,26,28,33-34H,4,7,11,14-15,18-22H2/b31-30+. The summed E-state index contributed by atoms with van der Waals surface area (Å²) in [4.78, 5) is 2.70. The highest BCUT2D eigenvalue weighted by molar-refractivity contribution is 5.92. The number of likely N-dealkylation sites (tertiary alicyclic amines) is 1. The molecule has 2 aliphatic carbocycles. The first-order chi connectivity index (χ1) is 16.7. The third-order valence-corrected chi connectivity index (χ3v) is 7.77. The second-order valence-corrected chi connectivity index (χ2v) is 10.1. The summed E-state index contributed by atoms with van der Waals surface area (Å²) < 4.78 is 0. The molecule has 0 spiro atoms. The van der Waals surface area contributed by atoms with Gasteiger partial charge >= 0.3 is 0 Å². The van der Waals surface area contributed by atoms with Crippen molar-refractivity contribution in [2.24, 2.45) is 11.8 Å². The molecule has 178 valence electrons. The summed E-state index contributed by atoms with van der Waals surface area (Å²) in [5.74, 6) is 1.27. The maximum Gasteiger partial charge on any atom is 0.115 e. The second-order valence-electron chi connectivity index (χ2n) is 10.1. The van der Waals surface area contributed by atoms with Gasteiger partial charge in [0, 0.05) is 18.6 Å². The molecule has 1 aliphatic heterocycles. The van der Waals surface area contributed by atoms with Crippen LogP contribution in [0, 0.1) is 11.8 Å². The fourth-order valence-electron chi connectivity index (χ4n) is 5.77. The molecule has 1 saturated heterocycles. The van der Waals surface area contributed by atoms with Gasteiger partial charge in [-0.05, 0) is 104 Å². The minimum Gasteiger partial charge on any atom is -0.508 e. The van der Waals surface area contributed by atoms with Crippen LogP contribution in [0.3, 0.4) is 0 Å². The van der Waals surface area contributed by atoms with E-state index in [9.17, 15) is 10.2 Å². The molecule has 1 unspecified atom stereocenters. The van der Waals surface area contributed by atoms with E-state index in [1.54, 1.807) is 12.1 Å². The maximum atomic E-state index is 9.91. The van der Waals surface area contributed by atoms with E-state index in [4.69, 9.17) is 0 Å². The molecule has 3 nitrogen and oxygen atoms in total. The summed E-state index contributed by atoms with van der Waals surface area (Å²) in [6, 6.07) is 19.1. The Morgan fingerprint density at radius 3 is 2.24 bits per heavy atom. The Labute approximate surface area is 204 Å². The number of aromatic hydroxyl groups is 1. The van der Waals surface area contributed by atoms with Gasteiger partial charge in [-0.15, -0.1) is 0 Å². The van der Waals surface area contributed by atoms with E-state index in [0.717, 1.165) is 30.9 Å². The summed E-state index contributed by atoms with van der Waals surface area (Å²) in [6.45, 7) is 2.69. The Bertz CT molecular complexity index is 1040. The molecule has 2 fully saturated rings. The first kappa shape index (κ1) is 23.1. The van der Waals surface area contributed by atoms with Crippen molar-refractivity contribution in [1.29, 1.82) is 0 Å². The lowest BCUT2D eigenvalue weighted by molar-refractivity contribution is 0.191. The van der Waals surface area contributed by atoms with Gasteiger partial charge in [-0.1, -0.05) is 60.7 Å². The molecule has 1 saturated carbocycles. The number of aliphatic hydroxyl groups is 1. The van der Waals surface area contributed by atoms with Crippen molar-refractivity contribution in [1.82, 2.24) is 4.90 Å². The van der Waals surface area contributed by atoms with Crippen molar-refractivity contribution in [3.8, 4) is 5.75 Å². The van der Waals surface area contributed by atoms with Gasteiger partial charge in [-0.3, -0.25) is 0 Å². The van der Waals surface area contributed by atoms with Crippen molar-refractivity contribution in [2.75, 3.05) is 19.7 Å². The molecule has 0 amide bonds. The van der Waals surface area contributed by atoms with Crippen LogP contribution in [0.2, 0.25) is 0 Å². The number of hydrogen-bond acceptors (Lipinski definition) is 3. The zero-order valence-corrected chi connectivity index (χ0v) is 20.1. The fourth-order valence-corrected chi connectivity index (χ4v) is 5.77. The van der Waals surface area contributed by atoms with Gasteiger partial charge in [-0.25, -0.2) is 0 Å². The first-order valence-corrected chi connectivity index (χ1v) is 13.0. The van der Waals surface area contributed by atoms with E-state index >= 15 is 0 Å². The summed E-state index contributed by atoms with van der Waals surface area (Å²) in [5.41, 5.74) is 6.50. The minimum atomic E-state index is 0.184. The van der Waals surface area contributed by atoms with E-state index in [1.807, 2.05) is 12.1 Å². The number of hydrogen-bond donors (Lipinski definition) is 2. The summed E-state index contributed by atoms with van der Waals surface area (Å²) >= 11 is 0. The van der Waals surface area contributed by atoms with Gasteiger partial charge in [0.25, 0.3) is 0 Å². The van der Waals surface area contributed by atoms with Crippen LogP contribution in [0.5, 0.6) is 5.75 Å². The highest BCUT2D eigenvalue weighted by Crippen LogP contribution is 2.41. The molecule has 2 aromatic carbocycles. The smallest absolute Gasteiger partial charge is 0.115 e. The zero-order valence-electron chi connectivity index (χ0n) is 20.1. The maximum absolute atomic E-state index is 9.91. The van der Waals surface area contributed by atoms with Crippen LogP contribution < -0.4 is 0 Å². The zero-order chi connectivity index (χ0) is 23.3. The van der Waals surface area contributed by atoms with Crippen LogP contribution in [0.15, 0.2) is 78.4 Å². The van der Waals surface area contributed by atoms with E-state index in [-0.39, 0.29) is 12.5 Å². The van der Waals surface area contributed by atoms with Crippen LogP contribution in [-0.2, 0) is 0 Å². The van der Waals surface area contributed by atoms with Crippen LogP contribution in [0.1, 0.15) is 56.1 Å². The molecule has 0 bridgehead atoms. The lowest BCUT2D eigenvalue weighted by Gasteiger charge is -2.34. The van der Waals surface area contributed by atoms with Crippen molar-refractivity contribution in [3.05, 3.63) is 89.5 Å². The Morgan fingerprint density at radius 2 is 1.62 bits per heavy atom. The molecule has 1 atom stereocenters. The highest BCUT2D eigenvalue weighted by Gasteiger charge is 2.32. The predicted molar refractivity (Wildman–Crippen MR) is 140 cm³/mol. The van der Waals surface area contributed by atoms with Gasteiger partial charge in [0.15, 0.2) is 0 Å². The van der Waals surface area contributed by atoms with E-state index in [2.05, 4.69) is 53.5 Å². The van der Waals surface area contributed by atoms with Gasteiger partial charge in [-0.2, -0.15) is 0 Å². The third-order valence-electron chi connectivity index (χ3n) is 7.77. The van der Waals surface area contributed by atoms with Gasteiger partial charge in [0.05, 0.1) is 0 Å². The second kappa shape index (κ2) is 10.8. The Kier molecular flexibility index (Phi) is 7.32. The van der Waals surface area contributed by atoms with E-state index < -0.39 is 0 Å². The van der Waals surface area contributed by atoms with Crippen LogP contribution in [0.25, 0.3) is 11.1 Å². The normalized spacial score (nSPS) is 22.4. The van der Waals surface area contributed by atoms with Crippen LogP contribution >= 0.6 is 0 Å². The molecule has 2 N–H and O–H groups in total. The third kappa shape index (κ3) is 5.37. The number of piperidine rings is 1. The number of phenols is 1. The number of phenolic OH excluding ortho intramolecular Hbond substituents is 1. The summed E-state index contributed by atoms with van der Waals surface area (Å²) in [6.07, 6.45) is 15.2. The molecule has 34 heavy (non-hydrogen) atoms. The Morgan fingerprint density at radius 1 is 0.882 bits per heavy atom. The number of rotatable bonds is 8. The molecule has 1 heterocycles. The molecule has 0 aromatic heterocycles. The van der Waals surface area contributed by atoms with Crippen LogP contribution in [-0.4, -0.2) is 40.9 Å².